The van der Waals surface area contributed by atoms with Crippen molar-refractivity contribution in [2.24, 2.45) is 5.41 Å². The molecule has 2 N–H and O–H groups in total. The van der Waals surface area contributed by atoms with Crippen molar-refractivity contribution >= 4 is 5.91 Å². The summed E-state index contributed by atoms with van der Waals surface area (Å²) in [6, 6.07) is 1.82. The zero-order valence-electron chi connectivity index (χ0n) is 11.4. The number of hydrogen-bond acceptors (Lipinski definition) is 2. The Morgan fingerprint density at radius 2 is 2.00 bits per heavy atom. The molecule has 0 spiro atoms. The van der Waals surface area contributed by atoms with Crippen LogP contribution in [0.4, 0.5) is 0 Å². The smallest absolute Gasteiger partial charge is 0.226 e. The summed E-state index contributed by atoms with van der Waals surface area (Å²) in [5.41, 5.74) is 0.856. The first-order valence-corrected chi connectivity index (χ1v) is 5.97. The van der Waals surface area contributed by atoms with Gasteiger partial charge in [0.2, 0.25) is 5.91 Å². The van der Waals surface area contributed by atoms with Crippen LogP contribution in [0, 0.1) is 5.41 Å². The molecule has 0 radical (unpaired) electrons. The van der Waals surface area contributed by atoms with Crippen LogP contribution in [0.25, 0.3) is 0 Å². The van der Waals surface area contributed by atoms with Crippen LogP contribution in [0.2, 0.25) is 0 Å². The van der Waals surface area contributed by atoms with Gasteiger partial charge in [-0.3, -0.25) is 9.89 Å². The van der Waals surface area contributed by atoms with Gasteiger partial charge in [0.05, 0.1) is 6.42 Å². The minimum absolute atomic E-state index is 0.0310. The molecule has 1 rings (SSSR count). The summed E-state index contributed by atoms with van der Waals surface area (Å²) < 4.78 is 0. The zero-order valence-corrected chi connectivity index (χ0v) is 11.4. The molecule has 1 aromatic heterocycles. The highest BCUT2D eigenvalue weighted by Gasteiger charge is 2.26. The van der Waals surface area contributed by atoms with E-state index in [0.717, 1.165) is 12.1 Å². The van der Waals surface area contributed by atoms with Crippen LogP contribution in [0.3, 0.4) is 0 Å². The number of aromatic nitrogens is 2. The van der Waals surface area contributed by atoms with Crippen molar-refractivity contribution in [3.05, 3.63) is 18.0 Å². The highest BCUT2D eigenvalue weighted by atomic mass is 16.1. The van der Waals surface area contributed by atoms with Crippen LogP contribution in [0.5, 0.6) is 0 Å². The van der Waals surface area contributed by atoms with Crippen molar-refractivity contribution in [1.82, 2.24) is 15.5 Å². The molecule has 0 aliphatic rings. The minimum Gasteiger partial charge on any atom is -0.351 e. The molecule has 17 heavy (non-hydrogen) atoms. The Morgan fingerprint density at radius 3 is 2.47 bits per heavy atom. The first kappa shape index (κ1) is 13.7. The van der Waals surface area contributed by atoms with Crippen LogP contribution >= 0.6 is 0 Å². The third-order valence-corrected chi connectivity index (χ3v) is 2.36. The van der Waals surface area contributed by atoms with Gasteiger partial charge in [-0.1, -0.05) is 20.8 Å². The van der Waals surface area contributed by atoms with Gasteiger partial charge in [-0.2, -0.15) is 5.10 Å². The maximum absolute atomic E-state index is 11.9. The molecular weight excluding hydrogens is 214 g/mol. The fourth-order valence-corrected chi connectivity index (χ4v) is 2.35. The molecule has 0 aromatic carbocycles. The number of carbonyl (C=O) groups is 1. The predicted molar refractivity (Wildman–Crippen MR) is 68.6 cm³/mol. The van der Waals surface area contributed by atoms with Crippen molar-refractivity contribution in [3.63, 3.8) is 0 Å². The monoisotopic (exact) mass is 237 g/mol. The number of nitrogens with one attached hydrogen (secondary N) is 2. The summed E-state index contributed by atoms with van der Waals surface area (Å²) >= 11 is 0. The molecule has 0 saturated carbocycles. The molecule has 4 heteroatoms. The summed E-state index contributed by atoms with van der Waals surface area (Å²) in [5, 5.41) is 9.68. The maximum atomic E-state index is 11.9. The lowest BCUT2D eigenvalue weighted by atomic mass is 9.82. The van der Waals surface area contributed by atoms with Gasteiger partial charge in [0.25, 0.3) is 0 Å². The van der Waals surface area contributed by atoms with E-state index in [1.807, 2.05) is 6.07 Å². The molecule has 1 aromatic rings. The van der Waals surface area contributed by atoms with Crippen LogP contribution in [-0.2, 0) is 11.2 Å². The number of hydrogen-bond donors (Lipinski definition) is 2. The van der Waals surface area contributed by atoms with Gasteiger partial charge in [0.15, 0.2) is 0 Å². The van der Waals surface area contributed by atoms with E-state index in [9.17, 15) is 4.79 Å². The molecule has 4 nitrogen and oxygen atoms in total. The number of rotatable bonds is 4. The van der Waals surface area contributed by atoms with E-state index in [0.29, 0.717) is 6.42 Å². The summed E-state index contributed by atoms with van der Waals surface area (Å²) in [7, 11) is 0. The zero-order chi connectivity index (χ0) is 13.1. The normalized spacial score (nSPS) is 12.5. The van der Waals surface area contributed by atoms with Gasteiger partial charge in [0.1, 0.15) is 0 Å². The van der Waals surface area contributed by atoms with E-state index in [2.05, 4.69) is 50.1 Å². The molecule has 0 unspecified atom stereocenters. The topological polar surface area (TPSA) is 57.8 Å². The van der Waals surface area contributed by atoms with Crippen molar-refractivity contribution < 1.29 is 4.79 Å². The number of carbonyl (C=O) groups excluding carboxylic acids is 1. The summed E-state index contributed by atoms with van der Waals surface area (Å²) in [6.07, 6.45) is 2.95. The summed E-state index contributed by atoms with van der Waals surface area (Å²) in [6.45, 7) is 10.6. The van der Waals surface area contributed by atoms with Gasteiger partial charge >= 0.3 is 0 Å². The second-order valence-corrected chi connectivity index (χ2v) is 6.43. The van der Waals surface area contributed by atoms with Crippen molar-refractivity contribution in [2.75, 3.05) is 0 Å². The lowest BCUT2D eigenvalue weighted by molar-refractivity contribution is -0.122. The summed E-state index contributed by atoms with van der Waals surface area (Å²) in [4.78, 5) is 11.9. The van der Waals surface area contributed by atoms with Crippen LogP contribution < -0.4 is 5.32 Å². The molecular formula is C13H23N3O. The fraction of sp³-hybridized carbons (Fsp3) is 0.692. The largest absolute Gasteiger partial charge is 0.351 e. The Hall–Kier alpha value is -1.32. The van der Waals surface area contributed by atoms with E-state index in [4.69, 9.17) is 0 Å². The first-order valence-electron chi connectivity index (χ1n) is 5.97. The van der Waals surface area contributed by atoms with Gasteiger partial charge in [-0.05, 0) is 31.7 Å². The number of aromatic amines is 1. The van der Waals surface area contributed by atoms with Crippen molar-refractivity contribution in [1.29, 1.82) is 0 Å². The Bertz CT molecular complexity index is 361. The molecule has 0 aliphatic carbocycles. The number of amides is 1. The lowest BCUT2D eigenvalue weighted by Gasteiger charge is -2.33. The molecule has 0 saturated heterocycles. The van der Waals surface area contributed by atoms with E-state index in [1.165, 1.54) is 0 Å². The van der Waals surface area contributed by atoms with Crippen LogP contribution in [0.1, 0.15) is 46.7 Å². The number of H-pyrrole nitrogens is 1. The average Bonchev–Trinajstić information content (AvgIpc) is 2.49. The molecule has 0 bridgehead atoms. The van der Waals surface area contributed by atoms with E-state index in [-0.39, 0.29) is 16.9 Å². The Kier molecular flexibility index (Phi) is 3.96. The van der Waals surface area contributed by atoms with Crippen LogP contribution in [0.15, 0.2) is 12.3 Å². The van der Waals surface area contributed by atoms with Crippen molar-refractivity contribution in [2.45, 2.75) is 53.0 Å². The second-order valence-electron chi connectivity index (χ2n) is 6.43. The lowest BCUT2D eigenvalue weighted by Crippen LogP contribution is -2.46. The quantitative estimate of drug-likeness (QED) is 0.844. The SMILES string of the molecule is CC(C)(C)CC(C)(C)NC(=O)Cc1ccn[nH]1. The highest BCUT2D eigenvalue weighted by Crippen LogP contribution is 2.26. The minimum atomic E-state index is -0.185. The fourth-order valence-electron chi connectivity index (χ4n) is 2.35. The molecule has 0 aliphatic heterocycles. The van der Waals surface area contributed by atoms with Crippen molar-refractivity contribution in [3.8, 4) is 0 Å². The third-order valence-electron chi connectivity index (χ3n) is 2.36. The summed E-state index contributed by atoms with van der Waals surface area (Å²) in [5.74, 6) is 0.0310. The molecule has 1 heterocycles. The number of nitrogens with zero attached hydrogens (tertiary/aromatic N) is 1. The molecule has 1 amide bonds. The Balaban J connectivity index is 2.50. The molecule has 0 fully saturated rings. The molecule has 0 atom stereocenters. The highest BCUT2D eigenvalue weighted by molar-refractivity contribution is 5.78. The van der Waals surface area contributed by atoms with Gasteiger partial charge in [-0.15, -0.1) is 0 Å². The Morgan fingerprint density at radius 1 is 1.35 bits per heavy atom. The van der Waals surface area contributed by atoms with Gasteiger partial charge < -0.3 is 5.32 Å². The van der Waals surface area contributed by atoms with E-state index < -0.39 is 0 Å². The van der Waals surface area contributed by atoms with E-state index in [1.54, 1.807) is 6.20 Å². The maximum Gasteiger partial charge on any atom is 0.226 e. The first-order chi connectivity index (χ1) is 7.68. The average molecular weight is 237 g/mol. The molecule has 96 valence electrons. The third kappa shape index (κ3) is 5.52. The standard InChI is InChI=1S/C13H23N3O/c1-12(2,3)9-13(4,5)15-11(17)8-10-6-7-14-16-10/h6-7H,8-9H2,1-5H3,(H,14,16)(H,15,17). The van der Waals surface area contributed by atoms with E-state index >= 15 is 0 Å². The second kappa shape index (κ2) is 4.90. The predicted octanol–water partition coefficient (Wildman–Crippen LogP) is 2.28. The van der Waals surface area contributed by atoms with Gasteiger partial charge in [-0.25, -0.2) is 0 Å². The van der Waals surface area contributed by atoms with Crippen LogP contribution in [-0.4, -0.2) is 21.6 Å². The Labute approximate surface area is 103 Å². The van der Waals surface area contributed by atoms with Gasteiger partial charge in [0, 0.05) is 17.4 Å².